The molecule has 2 heterocycles. The van der Waals surface area contributed by atoms with Crippen molar-refractivity contribution >= 4 is 0 Å². The normalized spacial score (nSPS) is 15.6. The minimum absolute atomic E-state index is 0.554. The maximum absolute atomic E-state index is 6.01. The lowest BCUT2D eigenvalue weighted by Gasteiger charge is -2.28. The molecule has 27 heavy (non-hydrogen) atoms. The van der Waals surface area contributed by atoms with Crippen molar-refractivity contribution in [2.24, 2.45) is 0 Å². The van der Waals surface area contributed by atoms with E-state index in [0.29, 0.717) is 19.8 Å². The second-order valence-electron chi connectivity index (χ2n) is 6.33. The summed E-state index contributed by atoms with van der Waals surface area (Å²) in [4.78, 5) is 4.10. The molecule has 0 amide bonds. The summed E-state index contributed by atoms with van der Waals surface area (Å²) in [6.45, 7) is 1.70. The first-order valence-corrected chi connectivity index (χ1v) is 8.81. The van der Waals surface area contributed by atoms with Gasteiger partial charge in [-0.15, -0.1) is 0 Å². The van der Waals surface area contributed by atoms with E-state index >= 15 is 0 Å². The number of aromatic nitrogens is 2. The molecule has 140 valence electrons. The standard InChI is InChI=1S/C21H22N2O4/c1-24-18-7-8-19(20(13-18)25-2)16-3-5-17(6-4-16)21(26-11-12-27-21)14-23-10-9-22-15-23/h3-10,13,15H,11-12,14H2,1-2H3. The first-order valence-electron chi connectivity index (χ1n) is 8.81. The highest BCUT2D eigenvalue weighted by Gasteiger charge is 2.39. The van der Waals surface area contributed by atoms with Crippen molar-refractivity contribution in [3.05, 3.63) is 66.7 Å². The molecule has 1 aromatic heterocycles. The molecule has 0 spiro atoms. The number of ether oxygens (including phenoxy) is 4. The zero-order chi connectivity index (χ0) is 18.7. The SMILES string of the molecule is COc1ccc(-c2ccc(C3(Cn4ccnc4)OCCO3)cc2)c(OC)c1. The van der Waals surface area contributed by atoms with Crippen LogP contribution in [0.4, 0.5) is 0 Å². The van der Waals surface area contributed by atoms with Crippen molar-refractivity contribution in [1.82, 2.24) is 9.55 Å². The summed E-state index contributed by atoms with van der Waals surface area (Å²) in [5.41, 5.74) is 3.03. The lowest BCUT2D eigenvalue weighted by Crippen LogP contribution is -2.32. The van der Waals surface area contributed by atoms with E-state index in [9.17, 15) is 0 Å². The fraction of sp³-hybridized carbons (Fsp3) is 0.286. The van der Waals surface area contributed by atoms with Gasteiger partial charge in [-0.05, 0) is 17.7 Å². The maximum Gasteiger partial charge on any atom is 0.213 e. The first-order chi connectivity index (χ1) is 13.2. The Morgan fingerprint density at radius 1 is 1.04 bits per heavy atom. The maximum atomic E-state index is 6.01. The molecule has 0 N–H and O–H groups in total. The summed E-state index contributed by atoms with van der Waals surface area (Å²) in [7, 11) is 3.30. The van der Waals surface area contributed by atoms with Gasteiger partial charge in [0, 0.05) is 29.6 Å². The highest BCUT2D eigenvalue weighted by molar-refractivity contribution is 5.71. The van der Waals surface area contributed by atoms with Gasteiger partial charge in [-0.2, -0.15) is 0 Å². The average molecular weight is 366 g/mol. The Kier molecular flexibility index (Phi) is 4.83. The molecule has 2 aromatic carbocycles. The van der Waals surface area contributed by atoms with Crippen molar-refractivity contribution in [2.45, 2.75) is 12.3 Å². The highest BCUT2D eigenvalue weighted by atomic mass is 16.7. The smallest absolute Gasteiger partial charge is 0.213 e. The van der Waals surface area contributed by atoms with Gasteiger partial charge in [0.25, 0.3) is 0 Å². The van der Waals surface area contributed by atoms with Crippen LogP contribution < -0.4 is 9.47 Å². The number of hydrogen-bond acceptors (Lipinski definition) is 5. The number of nitrogens with zero attached hydrogens (tertiary/aromatic N) is 2. The molecule has 4 rings (SSSR count). The Morgan fingerprint density at radius 2 is 1.81 bits per heavy atom. The van der Waals surface area contributed by atoms with Crippen molar-refractivity contribution < 1.29 is 18.9 Å². The molecular weight excluding hydrogens is 344 g/mol. The van der Waals surface area contributed by atoms with Crippen molar-refractivity contribution in [3.63, 3.8) is 0 Å². The minimum atomic E-state index is -0.788. The average Bonchev–Trinajstić information content (AvgIpc) is 3.41. The second kappa shape index (κ2) is 7.42. The van der Waals surface area contributed by atoms with Crippen molar-refractivity contribution in [2.75, 3.05) is 27.4 Å². The molecule has 0 bridgehead atoms. The van der Waals surface area contributed by atoms with Crippen LogP contribution in [0, 0.1) is 0 Å². The van der Waals surface area contributed by atoms with Crippen molar-refractivity contribution in [3.8, 4) is 22.6 Å². The van der Waals surface area contributed by atoms with Gasteiger partial charge in [-0.25, -0.2) is 4.98 Å². The molecule has 0 radical (unpaired) electrons. The number of rotatable bonds is 6. The number of benzene rings is 2. The van der Waals surface area contributed by atoms with Gasteiger partial charge in [0.15, 0.2) is 0 Å². The second-order valence-corrected chi connectivity index (χ2v) is 6.33. The lowest BCUT2D eigenvalue weighted by molar-refractivity contribution is -0.176. The topological polar surface area (TPSA) is 54.7 Å². The van der Waals surface area contributed by atoms with Gasteiger partial charge < -0.3 is 23.5 Å². The van der Waals surface area contributed by atoms with Crippen LogP contribution in [0.1, 0.15) is 5.56 Å². The van der Waals surface area contributed by atoms with Crippen LogP contribution in [0.15, 0.2) is 61.2 Å². The molecule has 0 atom stereocenters. The fourth-order valence-corrected chi connectivity index (χ4v) is 3.37. The monoisotopic (exact) mass is 366 g/mol. The third-order valence-electron chi connectivity index (χ3n) is 4.75. The molecule has 1 fully saturated rings. The Labute approximate surface area is 158 Å². The van der Waals surface area contributed by atoms with E-state index in [4.69, 9.17) is 18.9 Å². The van der Waals surface area contributed by atoms with Crippen molar-refractivity contribution in [1.29, 1.82) is 0 Å². The number of methoxy groups -OCH3 is 2. The van der Waals surface area contributed by atoms with Gasteiger partial charge >= 0.3 is 0 Å². The van der Waals surface area contributed by atoms with Crippen LogP contribution in [0.25, 0.3) is 11.1 Å². The minimum Gasteiger partial charge on any atom is -0.497 e. The third kappa shape index (κ3) is 3.41. The van der Waals surface area contributed by atoms with Gasteiger partial charge in [-0.1, -0.05) is 24.3 Å². The fourth-order valence-electron chi connectivity index (χ4n) is 3.37. The molecular formula is C21H22N2O4. The molecule has 0 aliphatic carbocycles. The van der Waals surface area contributed by atoms with E-state index in [1.54, 1.807) is 26.7 Å². The van der Waals surface area contributed by atoms with Gasteiger partial charge in [0.2, 0.25) is 5.79 Å². The van der Waals surface area contributed by atoms with E-state index in [2.05, 4.69) is 17.1 Å². The number of imidazole rings is 1. The first kappa shape index (κ1) is 17.6. The van der Waals surface area contributed by atoms with E-state index in [0.717, 1.165) is 28.2 Å². The highest BCUT2D eigenvalue weighted by Crippen LogP contribution is 2.37. The zero-order valence-electron chi connectivity index (χ0n) is 15.4. The molecule has 0 saturated carbocycles. The Hall–Kier alpha value is -2.83. The third-order valence-corrected chi connectivity index (χ3v) is 4.75. The van der Waals surface area contributed by atoms with Crippen LogP contribution >= 0.6 is 0 Å². The van der Waals surface area contributed by atoms with E-state index in [1.807, 2.05) is 41.1 Å². The summed E-state index contributed by atoms with van der Waals surface area (Å²) in [6, 6.07) is 14.0. The van der Waals surface area contributed by atoms with E-state index < -0.39 is 5.79 Å². The predicted molar refractivity (Wildman–Crippen MR) is 101 cm³/mol. The molecule has 0 unspecified atom stereocenters. The lowest BCUT2D eigenvalue weighted by atomic mass is 9.99. The summed E-state index contributed by atoms with van der Waals surface area (Å²) < 4.78 is 24.8. The van der Waals surface area contributed by atoms with Gasteiger partial charge in [-0.3, -0.25) is 0 Å². The van der Waals surface area contributed by atoms with Crippen LogP contribution in [0.3, 0.4) is 0 Å². The molecule has 3 aromatic rings. The predicted octanol–water partition coefficient (Wildman–Crippen LogP) is 3.47. The molecule has 6 heteroatoms. The molecule has 1 aliphatic rings. The Balaban J connectivity index is 1.65. The zero-order valence-corrected chi connectivity index (χ0v) is 15.4. The van der Waals surface area contributed by atoms with Crippen LogP contribution in [-0.2, 0) is 21.8 Å². The van der Waals surface area contributed by atoms with Gasteiger partial charge in [0.1, 0.15) is 11.5 Å². The van der Waals surface area contributed by atoms with Crippen LogP contribution in [-0.4, -0.2) is 37.0 Å². The largest absolute Gasteiger partial charge is 0.497 e. The molecule has 1 saturated heterocycles. The number of hydrogen-bond donors (Lipinski definition) is 0. The summed E-state index contributed by atoms with van der Waals surface area (Å²) in [6.07, 6.45) is 5.43. The summed E-state index contributed by atoms with van der Waals surface area (Å²) >= 11 is 0. The quantitative estimate of drug-likeness (QED) is 0.669. The summed E-state index contributed by atoms with van der Waals surface area (Å²) in [5, 5.41) is 0. The Bertz CT molecular complexity index is 885. The van der Waals surface area contributed by atoms with E-state index in [1.165, 1.54) is 0 Å². The van der Waals surface area contributed by atoms with E-state index in [-0.39, 0.29) is 0 Å². The van der Waals surface area contributed by atoms with Gasteiger partial charge in [0.05, 0.1) is 40.3 Å². The van der Waals surface area contributed by atoms with Crippen LogP contribution in [0.2, 0.25) is 0 Å². The van der Waals surface area contributed by atoms with Crippen LogP contribution in [0.5, 0.6) is 11.5 Å². The molecule has 6 nitrogen and oxygen atoms in total. The molecule has 1 aliphatic heterocycles. The summed E-state index contributed by atoms with van der Waals surface area (Å²) in [5.74, 6) is 0.742. The Morgan fingerprint density at radius 3 is 2.44 bits per heavy atom.